The lowest BCUT2D eigenvalue weighted by Gasteiger charge is -2.12. The normalized spacial score (nSPS) is 11.6. The van der Waals surface area contributed by atoms with Crippen molar-refractivity contribution in [2.45, 2.75) is 6.18 Å². The number of ketones is 1. The molecule has 1 aromatic carbocycles. The molecule has 0 aliphatic heterocycles. The molecule has 0 amide bonds. The highest BCUT2D eigenvalue weighted by Crippen LogP contribution is 2.36. The van der Waals surface area contributed by atoms with Crippen LogP contribution in [0.15, 0.2) is 38.6 Å². The molecule has 2 rings (SSSR count). The van der Waals surface area contributed by atoms with Gasteiger partial charge in [0.25, 0.3) is 0 Å². The maximum absolute atomic E-state index is 12.9. The molecule has 0 bridgehead atoms. The number of hydrogen-bond acceptors (Lipinski definition) is 2. The van der Waals surface area contributed by atoms with Crippen LogP contribution < -0.4 is 0 Å². The van der Waals surface area contributed by atoms with Crippen LogP contribution in [0.2, 0.25) is 0 Å². The fourth-order valence-electron chi connectivity index (χ4n) is 1.53. The molecule has 1 nitrogen and oxygen atoms in total. The summed E-state index contributed by atoms with van der Waals surface area (Å²) in [6.45, 7) is 0. The lowest BCUT2D eigenvalue weighted by atomic mass is 10.0. The minimum Gasteiger partial charge on any atom is -0.288 e. The van der Waals surface area contributed by atoms with Crippen molar-refractivity contribution in [1.82, 2.24) is 0 Å². The van der Waals surface area contributed by atoms with Gasteiger partial charge in [-0.3, -0.25) is 4.79 Å². The van der Waals surface area contributed by atoms with Crippen LogP contribution in [0, 0.1) is 0 Å². The molecule has 0 saturated carbocycles. The smallest absolute Gasteiger partial charge is 0.288 e. The second-order valence-corrected chi connectivity index (χ2v) is 6.30. The van der Waals surface area contributed by atoms with E-state index in [0.717, 1.165) is 17.4 Å². The lowest BCUT2D eigenvalue weighted by molar-refractivity contribution is -0.137. The van der Waals surface area contributed by atoms with E-state index in [1.54, 1.807) is 11.4 Å². The molecule has 19 heavy (non-hydrogen) atoms. The maximum Gasteiger partial charge on any atom is 0.417 e. The van der Waals surface area contributed by atoms with Gasteiger partial charge in [0, 0.05) is 14.5 Å². The summed E-state index contributed by atoms with van der Waals surface area (Å²) in [4.78, 5) is 12.4. The highest BCUT2D eigenvalue weighted by molar-refractivity contribution is 9.10. The van der Waals surface area contributed by atoms with Gasteiger partial charge >= 0.3 is 6.18 Å². The van der Waals surface area contributed by atoms with Crippen LogP contribution in [0.5, 0.6) is 0 Å². The predicted molar refractivity (Wildman–Crippen MR) is 74.6 cm³/mol. The number of halogens is 5. The molecule has 0 spiro atoms. The minimum atomic E-state index is -4.57. The fourth-order valence-corrected chi connectivity index (χ4v) is 3.39. The van der Waals surface area contributed by atoms with Crippen LogP contribution in [0.3, 0.4) is 0 Å². The first-order valence-electron chi connectivity index (χ1n) is 4.95. The Morgan fingerprint density at radius 3 is 2.37 bits per heavy atom. The fraction of sp³-hybridized carbons (Fsp3) is 0.0833. The van der Waals surface area contributed by atoms with Gasteiger partial charge in [0.15, 0.2) is 0 Å². The molecular formula is C12H5Br2F3OS. The first-order valence-corrected chi connectivity index (χ1v) is 7.41. The second kappa shape index (κ2) is 5.38. The Bertz CT molecular complexity index is 634. The van der Waals surface area contributed by atoms with E-state index >= 15 is 0 Å². The summed E-state index contributed by atoms with van der Waals surface area (Å²) in [6.07, 6.45) is -4.57. The molecule has 1 aromatic heterocycles. The minimum absolute atomic E-state index is 0.257. The van der Waals surface area contributed by atoms with Crippen LogP contribution in [-0.2, 0) is 6.18 Å². The molecular weight excluding hydrogens is 409 g/mol. The van der Waals surface area contributed by atoms with Crippen molar-refractivity contribution in [3.8, 4) is 0 Å². The van der Waals surface area contributed by atoms with E-state index in [1.807, 2.05) is 0 Å². The molecule has 7 heteroatoms. The van der Waals surface area contributed by atoms with Crippen molar-refractivity contribution in [1.29, 1.82) is 0 Å². The lowest BCUT2D eigenvalue weighted by Crippen LogP contribution is -2.13. The highest BCUT2D eigenvalue weighted by Gasteiger charge is 2.36. The van der Waals surface area contributed by atoms with Gasteiger partial charge in [-0.2, -0.15) is 13.2 Å². The third-order valence-corrected chi connectivity index (χ3v) is 4.68. The van der Waals surface area contributed by atoms with Crippen molar-refractivity contribution in [2.75, 3.05) is 0 Å². The van der Waals surface area contributed by atoms with Gasteiger partial charge in [-0.25, -0.2) is 0 Å². The average molecular weight is 414 g/mol. The van der Waals surface area contributed by atoms with Gasteiger partial charge in [0.1, 0.15) is 0 Å². The first-order chi connectivity index (χ1) is 8.80. The summed E-state index contributed by atoms with van der Waals surface area (Å²) in [7, 11) is 0. The summed E-state index contributed by atoms with van der Waals surface area (Å²) < 4.78 is 39.6. The zero-order valence-electron chi connectivity index (χ0n) is 9.09. The van der Waals surface area contributed by atoms with Crippen molar-refractivity contribution in [3.63, 3.8) is 0 Å². The third kappa shape index (κ3) is 3.09. The van der Waals surface area contributed by atoms with Crippen LogP contribution in [0.25, 0.3) is 0 Å². The van der Waals surface area contributed by atoms with E-state index in [2.05, 4.69) is 31.9 Å². The number of hydrogen-bond donors (Lipinski definition) is 0. The third-order valence-electron chi connectivity index (χ3n) is 2.36. The number of carbonyl (C=O) groups is 1. The molecule has 0 N–H and O–H groups in total. The van der Waals surface area contributed by atoms with Crippen LogP contribution in [0.4, 0.5) is 13.2 Å². The summed E-state index contributed by atoms with van der Waals surface area (Å²) in [5, 5.41) is 1.64. The summed E-state index contributed by atoms with van der Waals surface area (Å²) in [5.74, 6) is -0.637. The molecule has 0 fully saturated rings. The summed E-state index contributed by atoms with van der Waals surface area (Å²) >= 11 is 7.24. The van der Waals surface area contributed by atoms with Crippen LogP contribution >= 0.6 is 43.2 Å². The van der Waals surface area contributed by atoms with E-state index in [4.69, 9.17) is 0 Å². The topological polar surface area (TPSA) is 17.1 Å². The number of rotatable bonds is 2. The Kier molecular flexibility index (Phi) is 4.17. The van der Waals surface area contributed by atoms with Crippen LogP contribution in [0.1, 0.15) is 20.8 Å². The highest BCUT2D eigenvalue weighted by atomic mass is 79.9. The van der Waals surface area contributed by atoms with Crippen molar-refractivity contribution in [3.05, 3.63) is 54.6 Å². The average Bonchev–Trinajstić information content (AvgIpc) is 2.73. The Hall–Kier alpha value is -0.660. The Morgan fingerprint density at radius 1 is 1.16 bits per heavy atom. The molecule has 2 aromatic rings. The number of carbonyl (C=O) groups excluding carboxylic acids is 1. The molecule has 0 radical (unpaired) electrons. The quantitative estimate of drug-likeness (QED) is 0.592. The zero-order chi connectivity index (χ0) is 14.2. The summed E-state index contributed by atoms with van der Waals surface area (Å²) in [5.41, 5.74) is -1.29. The van der Waals surface area contributed by atoms with E-state index in [-0.39, 0.29) is 14.9 Å². The molecule has 1 heterocycles. The molecule has 0 unspecified atom stereocenters. The zero-order valence-corrected chi connectivity index (χ0v) is 13.1. The van der Waals surface area contributed by atoms with Gasteiger partial charge in [-0.05, 0) is 45.6 Å². The van der Waals surface area contributed by atoms with Crippen molar-refractivity contribution >= 4 is 49.0 Å². The Labute approximate surface area is 127 Å². The largest absolute Gasteiger partial charge is 0.417 e. The van der Waals surface area contributed by atoms with Crippen molar-refractivity contribution < 1.29 is 18.0 Å². The Morgan fingerprint density at radius 2 is 1.84 bits per heavy atom. The van der Waals surface area contributed by atoms with Gasteiger partial charge in [-0.1, -0.05) is 15.9 Å². The van der Waals surface area contributed by atoms with E-state index in [0.29, 0.717) is 4.47 Å². The standard InChI is InChI=1S/C12H5Br2F3OS/c13-6-1-2-7(8(5-6)12(15,16)17)10(18)11-9(14)3-4-19-11/h1-5H. The number of alkyl halides is 3. The van der Waals surface area contributed by atoms with Crippen molar-refractivity contribution in [2.24, 2.45) is 0 Å². The predicted octanol–water partition coefficient (Wildman–Crippen LogP) is 5.52. The number of thiophene rings is 1. The molecule has 0 aliphatic rings. The van der Waals surface area contributed by atoms with Gasteiger partial charge < -0.3 is 0 Å². The molecule has 0 atom stereocenters. The van der Waals surface area contributed by atoms with Crippen LogP contribution in [-0.4, -0.2) is 5.78 Å². The number of benzene rings is 1. The van der Waals surface area contributed by atoms with E-state index in [1.165, 1.54) is 12.1 Å². The Balaban J connectivity index is 2.57. The molecule has 100 valence electrons. The SMILES string of the molecule is O=C(c1ccc(Br)cc1C(F)(F)F)c1sccc1Br. The summed E-state index contributed by atoms with van der Waals surface area (Å²) in [6, 6.07) is 5.14. The molecule has 0 saturated heterocycles. The maximum atomic E-state index is 12.9. The van der Waals surface area contributed by atoms with Gasteiger partial charge in [-0.15, -0.1) is 11.3 Å². The first kappa shape index (κ1) is 14.7. The molecule has 0 aliphatic carbocycles. The van der Waals surface area contributed by atoms with Gasteiger partial charge in [0.05, 0.1) is 10.4 Å². The van der Waals surface area contributed by atoms with Gasteiger partial charge in [0.2, 0.25) is 5.78 Å². The van der Waals surface area contributed by atoms with E-state index < -0.39 is 17.5 Å². The monoisotopic (exact) mass is 412 g/mol. The second-order valence-electron chi connectivity index (χ2n) is 3.61. The van der Waals surface area contributed by atoms with E-state index in [9.17, 15) is 18.0 Å².